The van der Waals surface area contributed by atoms with Crippen LogP contribution >= 0.6 is 0 Å². The van der Waals surface area contributed by atoms with Gasteiger partial charge in [-0.15, -0.1) is 0 Å². The number of cyclic esters (lactones) is 1. The molecule has 3 fully saturated rings. The lowest BCUT2D eigenvalue weighted by Gasteiger charge is -2.14. The summed E-state index contributed by atoms with van der Waals surface area (Å²) in [4.78, 5) is 11.1. The van der Waals surface area contributed by atoms with Crippen LogP contribution in [0.15, 0.2) is 0 Å². The first kappa shape index (κ1) is 6.00. The Morgan fingerprint density at radius 3 is 2.91 bits per heavy atom. The van der Waals surface area contributed by atoms with Gasteiger partial charge in [0, 0.05) is 5.92 Å². The lowest BCUT2D eigenvalue weighted by atomic mass is 9.81. The van der Waals surface area contributed by atoms with E-state index in [1.165, 1.54) is 0 Å². The van der Waals surface area contributed by atoms with Crippen molar-refractivity contribution in [2.24, 2.45) is 11.8 Å². The van der Waals surface area contributed by atoms with E-state index in [1.807, 2.05) is 0 Å². The minimum absolute atomic E-state index is 0.0257. The van der Waals surface area contributed by atoms with Crippen LogP contribution in [-0.2, 0) is 14.3 Å². The molecule has 2 bridgehead atoms. The Morgan fingerprint density at radius 2 is 2.09 bits per heavy atom. The summed E-state index contributed by atoms with van der Waals surface area (Å²) in [6.45, 7) is 0.602. The smallest absolute Gasteiger partial charge is 0.312 e. The van der Waals surface area contributed by atoms with Crippen molar-refractivity contribution < 1.29 is 14.3 Å². The van der Waals surface area contributed by atoms with E-state index in [1.54, 1.807) is 0 Å². The van der Waals surface area contributed by atoms with Gasteiger partial charge in [0.2, 0.25) is 0 Å². The molecule has 3 aliphatic rings. The zero-order valence-electron chi connectivity index (χ0n) is 6.16. The summed E-state index contributed by atoms with van der Waals surface area (Å²) in [5, 5.41) is 0. The molecule has 0 aromatic rings. The molecule has 0 spiro atoms. The van der Waals surface area contributed by atoms with Crippen LogP contribution < -0.4 is 0 Å². The third-order valence-corrected chi connectivity index (χ3v) is 3.11. The summed E-state index contributed by atoms with van der Waals surface area (Å²) in [5.41, 5.74) is 0. The number of hydrogen-bond acceptors (Lipinski definition) is 3. The van der Waals surface area contributed by atoms with Gasteiger partial charge in [0.05, 0.1) is 24.7 Å². The summed E-state index contributed by atoms with van der Waals surface area (Å²) in [6.07, 6.45) is 2.71. The maximum atomic E-state index is 11.1. The van der Waals surface area contributed by atoms with Gasteiger partial charge < -0.3 is 9.47 Å². The first-order valence-corrected chi connectivity index (χ1v) is 4.18. The average Bonchev–Trinajstić information content (AvgIpc) is 2.60. The molecule has 0 aromatic heterocycles. The van der Waals surface area contributed by atoms with Crippen LogP contribution in [-0.4, -0.2) is 24.8 Å². The summed E-state index contributed by atoms with van der Waals surface area (Å²) < 4.78 is 10.6. The fourth-order valence-electron chi connectivity index (χ4n) is 2.59. The monoisotopic (exact) mass is 154 g/mol. The highest BCUT2D eigenvalue weighted by Gasteiger charge is 2.56. The molecule has 4 atom stereocenters. The van der Waals surface area contributed by atoms with E-state index in [0.29, 0.717) is 18.6 Å². The number of carbonyl (C=O) groups is 1. The second kappa shape index (κ2) is 1.78. The van der Waals surface area contributed by atoms with E-state index < -0.39 is 0 Å². The fourth-order valence-corrected chi connectivity index (χ4v) is 2.59. The Labute approximate surface area is 64.7 Å². The third kappa shape index (κ3) is 0.601. The molecule has 0 radical (unpaired) electrons. The van der Waals surface area contributed by atoms with E-state index in [0.717, 1.165) is 12.8 Å². The van der Waals surface area contributed by atoms with Gasteiger partial charge in [-0.05, 0) is 12.8 Å². The van der Waals surface area contributed by atoms with E-state index in [4.69, 9.17) is 9.47 Å². The normalized spacial score (nSPS) is 52.9. The van der Waals surface area contributed by atoms with Gasteiger partial charge in [0.15, 0.2) is 0 Å². The van der Waals surface area contributed by atoms with Crippen molar-refractivity contribution in [3.8, 4) is 0 Å². The Morgan fingerprint density at radius 1 is 1.27 bits per heavy atom. The van der Waals surface area contributed by atoms with Crippen molar-refractivity contribution in [2.75, 3.05) is 6.61 Å². The zero-order valence-corrected chi connectivity index (χ0v) is 6.16. The molecular formula is C8H10O3. The van der Waals surface area contributed by atoms with Crippen LogP contribution in [0.1, 0.15) is 12.8 Å². The standard InChI is InChI=1S/C8H10O3/c9-8-7-4(3-10-8)5-1-2-6(7)11-5/h4-7H,1-3H2/t4-,5+,6-,7-/m0/s1. The van der Waals surface area contributed by atoms with Crippen molar-refractivity contribution in [1.82, 2.24) is 0 Å². The second-order valence-electron chi connectivity index (χ2n) is 3.61. The summed E-state index contributed by atoms with van der Waals surface area (Å²) >= 11 is 0. The highest BCUT2D eigenvalue weighted by molar-refractivity contribution is 5.76. The van der Waals surface area contributed by atoms with Crippen molar-refractivity contribution in [1.29, 1.82) is 0 Å². The highest BCUT2D eigenvalue weighted by atomic mass is 16.6. The van der Waals surface area contributed by atoms with Gasteiger partial charge in [-0.25, -0.2) is 0 Å². The molecule has 3 saturated heterocycles. The van der Waals surface area contributed by atoms with Crippen LogP contribution in [0.2, 0.25) is 0 Å². The largest absolute Gasteiger partial charge is 0.465 e. The molecule has 11 heavy (non-hydrogen) atoms. The molecule has 3 rings (SSSR count). The van der Waals surface area contributed by atoms with Gasteiger partial charge in [-0.3, -0.25) is 4.79 Å². The number of ether oxygens (including phenoxy) is 2. The highest BCUT2D eigenvalue weighted by Crippen LogP contribution is 2.46. The van der Waals surface area contributed by atoms with Crippen molar-refractivity contribution in [2.45, 2.75) is 25.0 Å². The topological polar surface area (TPSA) is 35.5 Å². The van der Waals surface area contributed by atoms with Crippen LogP contribution in [0.25, 0.3) is 0 Å². The quantitative estimate of drug-likeness (QED) is 0.472. The van der Waals surface area contributed by atoms with Crippen LogP contribution in [0.3, 0.4) is 0 Å². The molecule has 0 aliphatic carbocycles. The number of carbonyl (C=O) groups excluding carboxylic acids is 1. The summed E-state index contributed by atoms with van der Waals surface area (Å²) in [7, 11) is 0. The van der Waals surface area contributed by atoms with E-state index in [9.17, 15) is 4.79 Å². The second-order valence-corrected chi connectivity index (χ2v) is 3.61. The SMILES string of the molecule is O=C1OC[C@@H]2[C@H]1[C@@H]1CC[C@H]2O1. The minimum atomic E-state index is -0.0257. The van der Waals surface area contributed by atoms with E-state index >= 15 is 0 Å². The molecule has 0 unspecified atom stereocenters. The van der Waals surface area contributed by atoms with Crippen molar-refractivity contribution in [3.05, 3.63) is 0 Å². The lowest BCUT2D eigenvalue weighted by Crippen LogP contribution is -2.27. The van der Waals surface area contributed by atoms with E-state index in [2.05, 4.69) is 0 Å². The van der Waals surface area contributed by atoms with Crippen LogP contribution in [0.5, 0.6) is 0 Å². The van der Waals surface area contributed by atoms with Crippen LogP contribution in [0.4, 0.5) is 0 Å². The number of rotatable bonds is 0. The minimum Gasteiger partial charge on any atom is -0.465 e. The Bertz CT molecular complexity index is 213. The Kier molecular flexibility index (Phi) is 0.969. The molecule has 0 amide bonds. The number of hydrogen-bond donors (Lipinski definition) is 0. The van der Waals surface area contributed by atoms with Crippen molar-refractivity contribution in [3.63, 3.8) is 0 Å². The zero-order chi connectivity index (χ0) is 7.42. The van der Waals surface area contributed by atoms with E-state index in [-0.39, 0.29) is 18.0 Å². The predicted octanol–water partition coefficient (Wildman–Crippen LogP) is 0.337. The van der Waals surface area contributed by atoms with Gasteiger partial charge in [0.1, 0.15) is 0 Å². The number of esters is 1. The Hall–Kier alpha value is -0.570. The maximum absolute atomic E-state index is 11.1. The molecule has 0 aromatic carbocycles. The molecule has 60 valence electrons. The lowest BCUT2D eigenvalue weighted by molar-refractivity contribution is -0.143. The van der Waals surface area contributed by atoms with Gasteiger partial charge in [-0.2, -0.15) is 0 Å². The Balaban J connectivity index is 1.97. The molecule has 3 nitrogen and oxygen atoms in total. The maximum Gasteiger partial charge on any atom is 0.312 e. The summed E-state index contributed by atoms with van der Waals surface area (Å²) in [6, 6.07) is 0. The molecular weight excluding hydrogens is 144 g/mol. The fraction of sp³-hybridized carbons (Fsp3) is 0.875. The summed E-state index contributed by atoms with van der Waals surface area (Å²) in [5.74, 6) is 0.456. The molecule has 3 heteroatoms. The molecule has 3 heterocycles. The molecule has 0 saturated carbocycles. The van der Waals surface area contributed by atoms with Gasteiger partial charge in [-0.1, -0.05) is 0 Å². The van der Waals surface area contributed by atoms with Gasteiger partial charge in [0.25, 0.3) is 0 Å². The third-order valence-electron chi connectivity index (χ3n) is 3.11. The number of fused-ring (bicyclic) bond motifs is 5. The first-order valence-electron chi connectivity index (χ1n) is 4.18. The average molecular weight is 154 g/mol. The molecule has 3 aliphatic heterocycles. The van der Waals surface area contributed by atoms with Gasteiger partial charge >= 0.3 is 5.97 Å². The van der Waals surface area contributed by atoms with Crippen LogP contribution in [0, 0.1) is 11.8 Å². The first-order chi connectivity index (χ1) is 5.36. The predicted molar refractivity (Wildman–Crippen MR) is 35.8 cm³/mol. The van der Waals surface area contributed by atoms with Crippen molar-refractivity contribution >= 4 is 5.97 Å². The molecule has 0 N–H and O–H groups in total.